The van der Waals surface area contributed by atoms with Crippen molar-refractivity contribution < 1.29 is 4.52 Å². The van der Waals surface area contributed by atoms with Crippen LogP contribution < -0.4 is 5.56 Å². The zero-order valence-corrected chi connectivity index (χ0v) is 14.5. The fourth-order valence-corrected chi connectivity index (χ4v) is 3.19. The van der Waals surface area contributed by atoms with E-state index in [1.54, 1.807) is 40.1 Å². The van der Waals surface area contributed by atoms with Crippen molar-refractivity contribution in [2.45, 2.75) is 26.4 Å². The van der Waals surface area contributed by atoms with Gasteiger partial charge < -0.3 is 9.51 Å². The number of nitrogens with zero attached hydrogens (tertiary/aromatic N) is 7. The van der Waals surface area contributed by atoms with Crippen molar-refractivity contribution in [3.8, 4) is 11.4 Å². The molecule has 0 aliphatic heterocycles. The molecule has 0 spiro atoms. The molecular formula is C17H16N8O2. The van der Waals surface area contributed by atoms with E-state index in [1.165, 1.54) is 0 Å². The van der Waals surface area contributed by atoms with E-state index in [-0.39, 0.29) is 5.56 Å². The second-order valence-corrected chi connectivity index (χ2v) is 6.24. The van der Waals surface area contributed by atoms with Gasteiger partial charge in [-0.05, 0) is 6.42 Å². The lowest BCUT2D eigenvalue weighted by atomic mass is 10.3. The zero-order valence-electron chi connectivity index (χ0n) is 14.5. The smallest absolute Gasteiger partial charge is 0.280 e. The molecule has 0 aromatic carbocycles. The van der Waals surface area contributed by atoms with Gasteiger partial charge in [0.2, 0.25) is 5.78 Å². The molecule has 0 saturated heterocycles. The van der Waals surface area contributed by atoms with Crippen LogP contribution in [0.3, 0.4) is 0 Å². The summed E-state index contributed by atoms with van der Waals surface area (Å²) in [6.07, 6.45) is 9.45. The molecule has 5 rings (SSSR count). The van der Waals surface area contributed by atoms with Gasteiger partial charge >= 0.3 is 0 Å². The fourth-order valence-electron chi connectivity index (χ4n) is 3.19. The Morgan fingerprint density at radius 3 is 3.04 bits per heavy atom. The number of aromatic nitrogens is 8. The van der Waals surface area contributed by atoms with Crippen molar-refractivity contribution in [3.63, 3.8) is 0 Å². The Balaban J connectivity index is 1.62. The average molecular weight is 364 g/mol. The highest BCUT2D eigenvalue weighted by Gasteiger charge is 2.17. The van der Waals surface area contributed by atoms with Crippen molar-refractivity contribution in [3.05, 3.63) is 53.2 Å². The molecule has 5 heterocycles. The van der Waals surface area contributed by atoms with Gasteiger partial charge in [0.05, 0.1) is 18.0 Å². The van der Waals surface area contributed by atoms with Crippen LogP contribution in [0, 0.1) is 0 Å². The van der Waals surface area contributed by atoms with Gasteiger partial charge in [0.1, 0.15) is 12.4 Å². The lowest BCUT2D eigenvalue weighted by molar-refractivity contribution is 0.371. The lowest BCUT2D eigenvalue weighted by Crippen LogP contribution is -2.23. The number of aromatic amines is 1. The van der Waals surface area contributed by atoms with Crippen molar-refractivity contribution >= 4 is 16.9 Å². The van der Waals surface area contributed by atoms with Gasteiger partial charge in [-0.3, -0.25) is 18.4 Å². The first kappa shape index (κ1) is 15.6. The summed E-state index contributed by atoms with van der Waals surface area (Å²) in [4.78, 5) is 25.0. The Labute approximate surface area is 152 Å². The Hall–Kier alpha value is -3.69. The normalized spacial score (nSPS) is 11.7. The average Bonchev–Trinajstić information content (AvgIpc) is 3.44. The summed E-state index contributed by atoms with van der Waals surface area (Å²) < 4.78 is 10.3. The van der Waals surface area contributed by atoms with E-state index in [9.17, 15) is 4.79 Å². The Morgan fingerprint density at radius 1 is 1.30 bits per heavy atom. The molecule has 136 valence electrons. The number of H-pyrrole nitrogens is 1. The van der Waals surface area contributed by atoms with Crippen LogP contribution in [0.2, 0.25) is 0 Å². The Morgan fingerprint density at radius 2 is 2.22 bits per heavy atom. The summed E-state index contributed by atoms with van der Waals surface area (Å²) in [5.41, 5.74) is 1.66. The first-order valence-electron chi connectivity index (χ1n) is 8.62. The summed E-state index contributed by atoms with van der Waals surface area (Å²) in [6, 6.07) is 1.79. The summed E-state index contributed by atoms with van der Waals surface area (Å²) in [6.45, 7) is 3.09. The minimum atomic E-state index is -0.127. The maximum Gasteiger partial charge on any atom is 0.280 e. The molecule has 1 N–H and O–H groups in total. The van der Waals surface area contributed by atoms with Gasteiger partial charge in [-0.2, -0.15) is 5.10 Å². The third-order valence-electron chi connectivity index (χ3n) is 4.40. The molecule has 0 bridgehead atoms. The van der Waals surface area contributed by atoms with Crippen LogP contribution in [-0.4, -0.2) is 38.9 Å². The number of nitrogens with one attached hydrogen (secondary N) is 1. The molecule has 27 heavy (non-hydrogen) atoms. The summed E-state index contributed by atoms with van der Waals surface area (Å²) >= 11 is 0. The van der Waals surface area contributed by atoms with Crippen molar-refractivity contribution in [2.24, 2.45) is 0 Å². The third kappa shape index (κ3) is 2.45. The van der Waals surface area contributed by atoms with E-state index in [2.05, 4.69) is 25.2 Å². The van der Waals surface area contributed by atoms with E-state index in [1.807, 2.05) is 17.5 Å². The number of hydrogen-bond acceptors (Lipinski definition) is 6. The summed E-state index contributed by atoms with van der Waals surface area (Å²) in [7, 11) is 0. The van der Waals surface area contributed by atoms with Gasteiger partial charge in [-0.25, -0.2) is 9.97 Å². The molecule has 0 atom stereocenters. The van der Waals surface area contributed by atoms with Gasteiger partial charge in [0.15, 0.2) is 16.9 Å². The van der Waals surface area contributed by atoms with Crippen LogP contribution >= 0.6 is 0 Å². The second-order valence-electron chi connectivity index (χ2n) is 6.24. The SMILES string of the molecule is CCCn1c(=O)c2[nH]c(-c3cnn(Cc4ccno4)c3)nc2n2ccnc12. The standard InChI is InChI=1S/C17H16N8O2/c1-2-6-25-16(26)13-15(24-7-5-18-17(24)25)22-14(21-13)11-8-19-23(9-11)10-12-3-4-20-27-12/h3-5,7-9H,2,6,10H2,1H3,(H,21,22). The molecule has 0 aliphatic rings. The number of imidazole rings is 2. The predicted octanol–water partition coefficient (Wildman–Crippen LogP) is 1.68. The lowest BCUT2D eigenvalue weighted by Gasteiger charge is -2.05. The molecule has 10 heteroatoms. The summed E-state index contributed by atoms with van der Waals surface area (Å²) in [5.74, 6) is 1.88. The maximum atomic E-state index is 12.9. The molecule has 0 amide bonds. The number of fused-ring (bicyclic) bond motifs is 3. The minimum absolute atomic E-state index is 0.127. The topological polar surface area (TPSA) is 112 Å². The molecule has 5 aromatic rings. The predicted molar refractivity (Wildman–Crippen MR) is 96.2 cm³/mol. The zero-order chi connectivity index (χ0) is 18.4. The quantitative estimate of drug-likeness (QED) is 0.508. The molecule has 5 aromatic heterocycles. The van der Waals surface area contributed by atoms with Crippen LogP contribution in [0.15, 0.2) is 46.4 Å². The Bertz CT molecular complexity index is 1290. The maximum absolute atomic E-state index is 12.9. The number of aryl methyl sites for hydroxylation is 1. The largest absolute Gasteiger partial charge is 0.359 e. The van der Waals surface area contributed by atoms with Crippen molar-refractivity contribution in [1.82, 2.24) is 38.9 Å². The first-order valence-corrected chi connectivity index (χ1v) is 8.62. The van der Waals surface area contributed by atoms with Gasteiger partial charge in [-0.1, -0.05) is 12.1 Å². The molecular weight excluding hydrogens is 348 g/mol. The van der Waals surface area contributed by atoms with Crippen LogP contribution in [-0.2, 0) is 13.1 Å². The first-order chi connectivity index (χ1) is 13.2. The molecule has 0 aliphatic carbocycles. The van der Waals surface area contributed by atoms with E-state index in [0.29, 0.717) is 41.6 Å². The monoisotopic (exact) mass is 364 g/mol. The van der Waals surface area contributed by atoms with Crippen molar-refractivity contribution in [1.29, 1.82) is 0 Å². The second kappa shape index (κ2) is 5.94. The van der Waals surface area contributed by atoms with E-state index in [4.69, 9.17) is 4.52 Å². The van der Waals surface area contributed by atoms with Gasteiger partial charge in [0.25, 0.3) is 5.56 Å². The van der Waals surface area contributed by atoms with E-state index in [0.717, 1.165) is 12.0 Å². The number of rotatable bonds is 5. The summed E-state index contributed by atoms with van der Waals surface area (Å²) in [5, 5.41) is 8.01. The van der Waals surface area contributed by atoms with Gasteiger partial charge in [0, 0.05) is 31.2 Å². The van der Waals surface area contributed by atoms with E-state index < -0.39 is 0 Å². The highest BCUT2D eigenvalue weighted by atomic mass is 16.5. The molecule has 0 radical (unpaired) electrons. The van der Waals surface area contributed by atoms with Crippen LogP contribution in [0.5, 0.6) is 0 Å². The molecule has 10 nitrogen and oxygen atoms in total. The Kier molecular flexibility index (Phi) is 3.42. The highest BCUT2D eigenvalue weighted by molar-refractivity contribution is 5.77. The molecule has 0 fully saturated rings. The third-order valence-corrected chi connectivity index (χ3v) is 4.40. The molecule has 0 saturated carbocycles. The minimum Gasteiger partial charge on any atom is -0.359 e. The van der Waals surface area contributed by atoms with Crippen molar-refractivity contribution in [2.75, 3.05) is 0 Å². The molecule has 0 unspecified atom stereocenters. The van der Waals surface area contributed by atoms with Crippen LogP contribution in [0.1, 0.15) is 19.1 Å². The fraction of sp³-hybridized carbons (Fsp3) is 0.235. The number of hydrogen-bond donors (Lipinski definition) is 1. The van der Waals surface area contributed by atoms with E-state index >= 15 is 0 Å². The van der Waals surface area contributed by atoms with Crippen LogP contribution in [0.4, 0.5) is 0 Å². The van der Waals surface area contributed by atoms with Crippen LogP contribution in [0.25, 0.3) is 28.3 Å². The highest BCUT2D eigenvalue weighted by Crippen LogP contribution is 2.19. The van der Waals surface area contributed by atoms with Gasteiger partial charge in [-0.15, -0.1) is 0 Å².